The SMILES string of the molecule is O=C(NCCCNCc1ccc(S(=O)(=O)O)cc1S(=O)(=O)O)c1ccc(CO)cc1. The molecule has 1 amide bonds. The first-order chi connectivity index (χ1) is 14.0. The molecule has 0 fully saturated rings. The van der Waals surface area contributed by atoms with Crippen molar-refractivity contribution in [3.8, 4) is 0 Å². The average Bonchev–Trinajstić information content (AvgIpc) is 2.69. The van der Waals surface area contributed by atoms with Crippen LogP contribution in [0.2, 0.25) is 0 Å². The standard InChI is InChI=1S/C18H22N2O8S2/c21-12-13-2-4-14(5-3-13)18(22)20-9-1-8-19-11-15-6-7-16(29(23,24)25)10-17(15)30(26,27)28/h2-7,10,19,21H,1,8-9,11-12H2,(H,20,22)(H,23,24,25)(H,26,27,28). The lowest BCUT2D eigenvalue weighted by atomic mass is 10.1. The van der Waals surface area contributed by atoms with Crippen LogP contribution in [0.25, 0.3) is 0 Å². The van der Waals surface area contributed by atoms with E-state index in [0.717, 1.165) is 6.07 Å². The van der Waals surface area contributed by atoms with Gasteiger partial charge in [0.1, 0.15) is 0 Å². The van der Waals surface area contributed by atoms with Crippen molar-refractivity contribution in [1.29, 1.82) is 0 Å². The second-order valence-electron chi connectivity index (χ2n) is 6.36. The lowest BCUT2D eigenvalue weighted by Crippen LogP contribution is -2.27. The Hall–Kier alpha value is -2.35. The molecule has 5 N–H and O–H groups in total. The molecule has 12 heteroatoms. The number of carbonyl (C=O) groups excluding carboxylic acids is 1. The quantitative estimate of drug-likeness (QED) is 0.252. The molecule has 0 spiro atoms. The lowest BCUT2D eigenvalue weighted by Gasteiger charge is -2.10. The van der Waals surface area contributed by atoms with E-state index in [1.807, 2.05) is 0 Å². The molecule has 0 bridgehead atoms. The molecule has 164 valence electrons. The summed E-state index contributed by atoms with van der Waals surface area (Å²) in [5.41, 5.74) is 1.28. The fourth-order valence-electron chi connectivity index (χ4n) is 2.58. The number of nitrogens with one attached hydrogen (secondary N) is 2. The second kappa shape index (κ2) is 10.1. The van der Waals surface area contributed by atoms with Crippen molar-refractivity contribution in [1.82, 2.24) is 10.6 Å². The fraction of sp³-hybridized carbons (Fsp3) is 0.278. The van der Waals surface area contributed by atoms with E-state index in [9.17, 15) is 26.2 Å². The van der Waals surface area contributed by atoms with Crippen LogP contribution in [0.1, 0.15) is 27.9 Å². The molecule has 0 radical (unpaired) electrons. The van der Waals surface area contributed by atoms with Crippen molar-refractivity contribution < 1.29 is 35.8 Å². The van der Waals surface area contributed by atoms with Gasteiger partial charge < -0.3 is 15.7 Å². The van der Waals surface area contributed by atoms with Crippen LogP contribution in [-0.2, 0) is 33.4 Å². The van der Waals surface area contributed by atoms with Gasteiger partial charge in [0.15, 0.2) is 0 Å². The molecule has 0 aliphatic carbocycles. The van der Waals surface area contributed by atoms with Gasteiger partial charge >= 0.3 is 0 Å². The van der Waals surface area contributed by atoms with Crippen LogP contribution in [0.5, 0.6) is 0 Å². The molecule has 0 aliphatic rings. The predicted molar refractivity (Wildman–Crippen MR) is 107 cm³/mol. The summed E-state index contributed by atoms with van der Waals surface area (Å²) < 4.78 is 63.7. The Morgan fingerprint density at radius 1 is 0.900 bits per heavy atom. The van der Waals surface area contributed by atoms with Crippen molar-refractivity contribution >= 4 is 26.1 Å². The summed E-state index contributed by atoms with van der Waals surface area (Å²) in [6.45, 7) is 0.651. The molecule has 0 atom stereocenters. The summed E-state index contributed by atoms with van der Waals surface area (Å²) in [4.78, 5) is 10.7. The number of aliphatic hydroxyl groups is 1. The zero-order valence-electron chi connectivity index (χ0n) is 15.8. The number of hydrogen-bond acceptors (Lipinski definition) is 7. The minimum absolute atomic E-state index is 0.0114. The second-order valence-corrected chi connectivity index (χ2v) is 9.17. The van der Waals surface area contributed by atoms with Crippen molar-refractivity contribution in [3.63, 3.8) is 0 Å². The molecule has 30 heavy (non-hydrogen) atoms. The van der Waals surface area contributed by atoms with Gasteiger partial charge in [-0.05, 0) is 48.4 Å². The van der Waals surface area contributed by atoms with E-state index in [-0.39, 0.29) is 24.6 Å². The Labute approximate surface area is 174 Å². The van der Waals surface area contributed by atoms with Crippen LogP contribution < -0.4 is 10.6 Å². The lowest BCUT2D eigenvalue weighted by molar-refractivity contribution is 0.0953. The first-order valence-electron chi connectivity index (χ1n) is 8.79. The molecule has 0 aromatic heterocycles. The number of hydrogen-bond donors (Lipinski definition) is 5. The zero-order valence-corrected chi connectivity index (χ0v) is 17.4. The van der Waals surface area contributed by atoms with Gasteiger partial charge in [0.05, 0.1) is 16.4 Å². The number of aliphatic hydroxyl groups excluding tert-OH is 1. The molecule has 0 aliphatic heterocycles. The molecule has 2 aromatic rings. The highest BCUT2D eigenvalue weighted by Gasteiger charge is 2.20. The summed E-state index contributed by atoms with van der Waals surface area (Å²) in [5.74, 6) is -0.269. The number of amides is 1. The van der Waals surface area contributed by atoms with E-state index >= 15 is 0 Å². The number of carbonyl (C=O) groups is 1. The van der Waals surface area contributed by atoms with Crippen LogP contribution >= 0.6 is 0 Å². The topological polar surface area (TPSA) is 170 Å². The van der Waals surface area contributed by atoms with E-state index in [4.69, 9.17) is 9.66 Å². The monoisotopic (exact) mass is 458 g/mol. The third-order valence-corrected chi connectivity index (χ3v) is 5.93. The minimum atomic E-state index is -4.70. The van der Waals surface area contributed by atoms with Gasteiger partial charge in [-0.2, -0.15) is 16.8 Å². The maximum Gasteiger partial charge on any atom is 0.294 e. The zero-order chi connectivity index (χ0) is 22.4. The van der Waals surface area contributed by atoms with E-state index in [1.165, 1.54) is 6.07 Å². The van der Waals surface area contributed by atoms with Crippen LogP contribution in [0, 0.1) is 0 Å². The van der Waals surface area contributed by atoms with E-state index in [2.05, 4.69) is 10.6 Å². The summed E-state index contributed by atoms with van der Waals surface area (Å²) in [6, 6.07) is 9.40. The molecule has 0 saturated carbocycles. The van der Waals surface area contributed by atoms with Crippen LogP contribution in [-0.4, -0.2) is 50.0 Å². The van der Waals surface area contributed by atoms with Gasteiger partial charge in [0.25, 0.3) is 26.1 Å². The highest BCUT2D eigenvalue weighted by atomic mass is 32.2. The van der Waals surface area contributed by atoms with Crippen molar-refractivity contribution in [2.24, 2.45) is 0 Å². The average molecular weight is 459 g/mol. The Kier molecular flexibility index (Phi) is 8.06. The van der Waals surface area contributed by atoms with Gasteiger partial charge in [0, 0.05) is 18.7 Å². The normalized spacial score (nSPS) is 12.0. The Bertz CT molecular complexity index is 1100. The van der Waals surface area contributed by atoms with Crippen LogP contribution in [0.3, 0.4) is 0 Å². The molecule has 2 rings (SSSR count). The van der Waals surface area contributed by atoms with Gasteiger partial charge in [0.2, 0.25) is 0 Å². The third-order valence-electron chi connectivity index (χ3n) is 4.14. The van der Waals surface area contributed by atoms with Crippen molar-refractivity contribution in [2.45, 2.75) is 29.4 Å². The summed E-state index contributed by atoms with van der Waals surface area (Å²) in [6.07, 6.45) is 0.519. The number of benzene rings is 2. The first kappa shape index (κ1) is 23.9. The smallest absolute Gasteiger partial charge is 0.294 e. The van der Waals surface area contributed by atoms with E-state index in [0.29, 0.717) is 36.7 Å². The van der Waals surface area contributed by atoms with Gasteiger partial charge in [-0.1, -0.05) is 18.2 Å². The Morgan fingerprint density at radius 2 is 1.57 bits per heavy atom. The molecule has 2 aromatic carbocycles. The third kappa shape index (κ3) is 6.86. The van der Waals surface area contributed by atoms with Crippen molar-refractivity contribution in [2.75, 3.05) is 13.1 Å². The Balaban J connectivity index is 1.86. The fourth-order valence-corrected chi connectivity index (χ4v) is 3.91. The highest BCUT2D eigenvalue weighted by molar-refractivity contribution is 7.86. The minimum Gasteiger partial charge on any atom is -0.392 e. The largest absolute Gasteiger partial charge is 0.392 e. The van der Waals surface area contributed by atoms with Gasteiger partial charge in [-0.25, -0.2) is 0 Å². The van der Waals surface area contributed by atoms with Gasteiger partial charge in [-0.3, -0.25) is 13.9 Å². The first-order valence-corrected chi connectivity index (χ1v) is 11.7. The molecule has 0 heterocycles. The summed E-state index contributed by atoms with van der Waals surface area (Å²) in [5, 5.41) is 14.6. The Morgan fingerprint density at radius 3 is 2.13 bits per heavy atom. The molecular weight excluding hydrogens is 436 g/mol. The predicted octanol–water partition coefficient (Wildman–Crippen LogP) is 0.582. The molecular formula is C18H22N2O8S2. The summed E-state index contributed by atoms with van der Waals surface area (Å²) >= 11 is 0. The van der Waals surface area contributed by atoms with Gasteiger partial charge in [-0.15, -0.1) is 0 Å². The van der Waals surface area contributed by atoms with E-state index < -0.39 is 30.0 Å². The van der Waals surface area contributed by atoms with Crippen LogP contribution in [0.15, 0.2) is 52.3 Å². The molecule has 10 nitrogen and oxygen atoms in total. The maximum absolute atomic E-state index is 12.0. The van der Waals surface area contributed by atoms with Crippen LogP contribution in [0.4, 0.5) is 0 Å². The summed E-state index contributed by atoms with van der Waals surface area (Å²) in [7, 11) is -9.32. The van der Waals surface area contributed by atoms with Crippen molar-refractivity contribution in [3.05, 3.63) is 59.2 Å². The number of rotatable bonds is 10. The molecule has 0 saturated heterocycles. The maximum atomic E-state index is 12.0. The molecule has 0 unspecified atom stereocenters. The van der Waals surface area contributed by atoms with E-state index in [1.54, 1.807) is 24.3 Å². The highest BCUT2D eigenvalue weighted by Crippen LogP contribution is 2.20.